The molecule has 0 atom stereocenters. The van der Waals surface area contributed by atoms with Crippen molar-refractivity contribution in [3.8, 4) is 0 Å². The second-order valence-corrected chi connectivity index (χ2v) is 11.9. The summed E-state index contributed by atoms with van der Waals surface area (Å²) in [6, 6.07) is 0. The van der Waals surface area contributed by atoms with Crippen molar-refractivity contribution < 1.29 is 4.74 Å². The van der Waals surface area contributed by atoms with E-state index in [4.69, 9.17) is 4.74 Å². The third kappa shape index (κ3) is 32.4. The van der Waals surface area contributed by atoms with E-state index < -0.39 is 0 Å². The van der Waals surface area contributed by atoms with Crippen LogP contribution >= 0.6 is 0 Å². The SMILES string of the molecule is CCCCCCC[CH2][Sn][CH2]CCCCCCC.CCCCOCCCC. The summed E-state index contributed by atoms with van der Waals surface area (Å²) in [6.07, 6.45) is 22.7. The normalized spacial score (nSPS) is 10.6. The maximum absolute atomic E-state index is 5.31. The molecular weight excluding hydrogens is 423 g/mol. The van der Waals surface area contributed by atoms with Gasteiger partial charge < -0.3 is 4.74 Å². The van der Waals surface area contributed by atoms with Gasteiger partial charge in [-0.25, -0.2) is 0 Å². The van der Waals surface area contributed by atoms with Gasteiger partial charge in [0.25, 0.3) is 0 Å². The largest absolute Gasteiger partial charge is 0.381 e. The average Bonchev–Trinajstić information content (AvgIpc) is 2.66. The Bertz CT molecular complexity index is 188. The Kier molecular flexibility index (Phi) is 34.0. The molecule has 1 nitrogen and oxygen atoms in total. The summed E-state index contributed by atoms with van der Waals surface area (Å²) in [6.45, 7) is 10.9. The maximum Gasteiger partial charge on any atom is 0.0465 e. The summed E-state index contributed by atoms with van der Waals surface area (Å²) in [5, 5.41) is 0. The van der Waals surface area contributed by atoms with Gasteiger partial charge in [-0.15, -0.1) is 0 Å². The molecule has 0 unspecified atom stereocenters. The van der Waals surface area contributed by atoms with E-state index in [0.717, 1.165) is 13.2 Å². The summed E-state index contributed by atoms with van der Waals surface area (Å²) in [4.78, 5) is 0. The number of hydrogen-bond acceptors (Lipinski definition) is 1. The van der Waals surface area contributed by atoms with Crippen LogP contribution in [0.4, 0.5) is 0 Å². The Balaban J connectivity index is 0. The molecule has 0 spiro atoms. The van der Waals surface area contributed by atoms with Crippen LogP contribution in [0.15, 0.2) is 0 Å². The summed E-state index contributed by atoms with van der Waals surface area (Å²) < 4.78 is 8.63. The zero-order valence-electron chi connectivity index (χ0n) is 19.1. The number of rotatable bonds is 20. The van der Waals surface area contributed by atoms with Crippen molar-refractivity contribution in [3.63, 3.8) is 0 Å². The first-order valence-electron chi connectivity index (χ1n) is 12.1. The molecular formula is C24H52OSn. The van der Waals surface area contributed by atoms with E-state index in [2.05, 4.69) is 27.7 Å². The molecule has 0 N–H and O–H groups in total. The van der Waals surface area contributed by atoms with Crippen molar-refractivity contribution in [2.45, 2.75) is 139 Å². The molecule has 0 rings (SSSR count). The predicted molar refractivity (Wildman–Crippen MR) is 123 cm³/mol. The fourth-order valence-electron chi connectivity index (χ4n) is 2.78. The molecule has 2 radical (unpaired) electrons. The van der Waals surface area contributed by atoms with Crippen LogP contribution in [-0.2, 0) is 4.74 Å². The second-order valence-electron chi connectivity index (χ2n) is 7.61. The smallest absolute Gasteiger partial charge is 0.0465 e. The minimum absolute atomic E-state index is 0.0736. The molecule has 0 amide bonds. The molecule has 0 aliphatic heterocycles. The summed E-state index contributed by atoms with van der Waals surface area (Å²) >= 11 is 0.0736. The Hall–Kier alpha value is 0.759. The molecule has 0 fully saturated rings. The first kappa shape index (κ1) is 29.0. The molecule has 0 aliphatic carbocycles. The van der Waals surface area contributed by atoms with E-state index in [-0.39, 0.29) is 21.1 Å². The fraction of sp³-hybridized carbons (Fsp3) is 1.00. The summed E-state index contributed by atoms with van der Waals surface area (Å²) in [5.41, 5.74) is 0. The third-order valence-corrected chi connectivity index (χ3v) is 8.73. The summed E-state index contributed by atoms with van der Waals surface area (Å²) in [7, 11) is 0. The van der Waals surface area contributed by atoms with Crippen LogP contribution in [0.1, 0.15) is 130 Å². The number of unbranched alkanes of at least 4 members (excludes halogenated alkanes) is 12. The van der Waals surface area contributed by atoms with Gasteiger partial charge in [0.05, 0.1) is 0 Å². The topological polar surface area (TPSA) is 9.23 Å². The first-order valence-corrected chi connectivity index (χ1v) is 16.1. The van der Waals surface area contributed by atoms with Crippen LogP contribution in [-0.4, -0.2) is 34.4 Å². The minimum Gasteiger partial charge on any atom is -0.381 e. The molecule has 0 saturated carbocycles. The van der Waals surface area contributed by atoms with E-state index in [1.165, 1.54) is 89.9 Å². The quantitative estimate of drug-likeness (QED) is 0.126. The number of ether oxygens (including phenoxy) is 1. The van der Waals surface area contributed by atoms with Gasteiger partial charge in [0, 0.05) is 13.2 Å². The standard InChI is InChI=1S/C8H18O.2C8H17.Sn/c1-3-5-7-9-8-6-4-2;2*1-3-5-7-8-6-4-2;/h3-8H2,1-2H3;2*1,3-8H2,2H3;. The van der Waals surface area contributed by atoms with Gasteiger partial charge in [0.2, 0.25) is 0 Å². The second kappa shape index (κ2) is 30.5. The molecule has 0 bridgehead atoms. The zero-order valence-corrected chi connectivity index (χ0v) is 21.9. The molecule has 0 aromatic carbocycles. The van der Waals surface area contributed by atoms with Crippen LogP contribution in [0.5, 0.6) is 0 Å². The Morgan fingerprint density at radius 1 is 0.423 bits per heavy atom. The first-order chi connectivity index (χ1) is 12.8. The van der Waals surface area contributed by atoms with Gasteiger partial charge in [0.15, 0.2) is 0 Å². The molecule has 2 heteroatoms. The monoisotopic (exact) mass is 476 g/mol. The van der Waals surface area contributed by atoms with Gasteiger partial charge >= 0.3 is 121 Å². The van der Waals surface area contributed by atoms with Gasteiger partial charge in [-0.3, -0.25) is 0 Å². The fourth-order valence-corrected chi connectivity index (χ4v) is 6.35. The van der Waals surface area contributed by atoms with E-state index in [9.17, 15) is 0 Å². The third-order valence-electron chi connectivity index (χ3n) is 4.70. The van der Waals surface area contributed by atoms with Gasteiger partial charge in [-0.2, -0.15) is 0 Å². The molecule has 0 aromatic rings. The minimum atomic E-state index is 0.0736. The molecule has 0 aliphatic rings. The Labute approximate surface area is 178 Å². The van der Waals surface area contributed by atoms with Gasteiger partial charge in [-0.1, -0.05) is 26.7 Å². The summed E-state index contributed by atoms with van der Waals surface area (Å²) in [5.74, 6) is 0. The average molecular weight is 475 g/mol. The Morgan fingerprint density at radius 2 is 0.769 bits per heavy atom. The van der Waals surface area contributed by atoms with Crippen LogP contribution < -0.4 is 0 Å². The molecule has 0 aromatic heterocycles. The van der Waals surface area contributed by atoms with Crippen LogP contribution in [0.25, 0.3) is 0 Å². The van der Waals surface area contributed by atoms with E-state index >= 15 is 0 Å². The van der Waals surface area contributed by atoms with E-state index in [1.807, 2.05) is 0 Å². The predicted octanol–water partition coefficient (Wildman–Crippen LogP) is 8.85. The van der Waals surface area contributed by atoms with Crippen molar-refractivity contribution in [1.29, 1.82) is 0 Å². The van der Waals surface area contributed by atoms with E-state index in [0.29, 0.717) is 0 Å². The zero-order chi connectivity index (χ0) is 19.6. The van der Waals surface area contributed by atoms with Gasteiger partial charge in [0.1, 0.15) is 0 Å². The molecule has 158 valence electrons. The molecule has 26 heavy (non-hydrogen) atoms. The number of hydrogen-bond donors (Lipinski definition) is 0. The van der Waals surface area contributed by atoms with Crippen molar-refractivity contribution in [2.24, 2.45) is 0 Å². The Morgan fingerprint density at radius 3 is 1.15 bits per heavy atom. The van der Waals surface area contributed by atoms with Crippen molar-refractivity contribution in [3.05, 3.63) is 0 Å². The molecule has 0 saturated heterocycles. The van der Waals surface area contributed by atoms with Crippen LogP contribution in [0, 0.1) is 0 Å². The van der Waals surface area contributed by atoms with Gasteiger partial charge in [-0.05, 0) is 12.8 Å². The molecule has 0 heterocycles. The van der Waals surface area contributed by atoms with Crippen molar-refractivity contribution >= 4 is 21.1 Å². The van der Waals surface area contributed by atoms with Crippen molar-refractivity contribution in [2.75, 3.05) is 13.2 Å². The van der Waals surface area contributed by atoms with Crippen LogP contribution in [0.3, 0.4) is 0 Å². The van der Waals surface area contributed by atoms with Crippen molar-refractivity contribution in [1.82, 2.24) is 0 Å². The van der Waals surface area contributed by atoms with E-state index in [1.54, 1.807) is 21.7 Å². The van der Waals surface area contributed by atoms with Crippen LogP contribution in [0.2, 0.25) is 8.87 Å². The maximum atomic E-state index is 5.31.